The quantitative estimate of drug-likeness (QED) is 0.543. The van der Waals surface area contributed by atoms with Crippen LogP contribution < -0.4 is 0 Å². The normalized spacial score (nSPS) is 30.2. The minimum absolute atomic E-state index is 0.127. The zero-order chi connectivity index (χ0) is 17.5. The van der Waals surface area contributed by atoms with Crippen molar-refractivity contribution in [2.45, 2.75) is 70.1 Å². The van der Waals surface area contributed by atoms with Crippen LogP contribution in [0.25, 0.3) is 0 Å². The molecule has 0 aromatic heterocycles. The van der Waals surface area contributed by atoms with E-state index in [1.54, 1.807) is 18.2 Å². The van der Waals surface area contributed by atoms with Crippen molar-refractivity contribution in [1.29, 1.82) is 5.26 Å². The first-order valence-electron chi connectivity index (χ1n) is 10.1. The lowest BCUT2D eigenvalue weighted by atomic mass is 9.68. The Morgan fingerprint density at radius 1 is 0.920 bits per heavy atom. The molecule has 1 aromatic rings. The van der Waals surface area contributed by atoms with Gasteiger partial charge in [0.15, 0.2) is 0 Å². The van der Waals surface area contributed by atoms with Crippen LogP contribution in [0.15, 0.2) is 36.4 Å². The van der Waals surface area contributed by atoms with E-state index in [0.29, 0.717) is 5.92 Å². The molecule has 0 saturated heterocycles. The fourth-order valence-electron chi connectivity index (χ4n) is 5.08. The second kappa shape index (κ2) is 9.18. The summed E-state index contributed by atoms with van der Waals surface area (Å²) < 4.78 is 13.1. The fraction of sp³-hybridized carbons (Fsp3) is 0.609. The highest BCUT2D eigenvalue weighted by atomic mass is 19.1. The molecule has 0 unspecified atom stereocenters. The highest BCUT2D eigenvalue weighted by Gasteiger charge is 2.31. The van der Waals surface area contributed by atoms with Crippen LogP contribution in [0.5, 0.6) is 0 Å². The molecule has 134 valence electrons. The van der Waals surface area contributed by atoms with E-state index in [2.05, 4.69) is 6.07 Å². The van der Waals surface area contributed by atoms with Gasteiger partial charge in [-0.05, 0) is 92.7 Å². The van der Waals surface area contributed by atoms with E-state index in [1.165, 1.54) is 63.4 Å². The first kappa shape index (κ1) is 18.2. The summed E-state index contributed by atoms with van der Waals surface area (Å²) in [7, 11) is 0. The van der Waals surface area contributed by atoms with E-state index in [4.69, 9.17) is 5.26 Å². The molecule has 2 fully saturated rings. The fourth-order valence-corrected chi connectivity index (χ4v) is 5.08. The predicted octanol–water partition coefficient (Wildman–Crippen LogP) is 6.77. The number of hydrogen-bond acceptors (Lipinski definition) is 1. The molecule has 0 N–H and O–H groups in total. The largest absolute Gasteiger partial charge is 0.207 e. The third-order valence-corrected chi connectivity index (χ3v) is 6.61. The first-order chi connectivity index (χ1) is 12.3. The number of nitriles is 1. The van der Waals surface area contributed by atoms with Crippen LogP contribution in [-0.4, -0.2) is 0 Å². The lowest BCUT2D eigenvalue weighted by Crippen LogP contribution is -2.25. The van der Waals surface area contributed by atoms with Crippen molar-refractivity contribution in [3.05, 3.63) is 47.8 Å². The lowest BCUT2D eigenvalue weighted by Gasteiger charge is -2.38. The van der Waals surface area contributed by atoms with Crippen molar-refractivity contribution in [3.8, 4) is 6.07 Å². The van der Waals surface area contributed by atoms with Gasteiger partial charge < -0.3 is 0 Å². The molecule has 0 aliphatic heterocycles. The van der Waals surface area contributed by atoms with Gasteiger partial charge in [-0.15, -0.1) is 0 Å². The molecule has 0 bridgehead atoms. The molecule has 0 atom stereocenters. The van der Waals surface area contributed by atoms with Gasteiger partial charge in [-0.2, -0.15) is 5.26 Å². The Morgan fingerprint density at radius 2 is 1.52 bits per heavy atom. The Bertz CT molecular complexity index is 582. The number of allylic oxidation sites excluding steroid dienone is 2. The first-order valence-corrected chi connectivity index (χ1v) is 10.1. The zero-order valence-electron chi connectivity index (χ0n) is 15.2. The van der Waals surface area contributed by atoms with E-state index in [9.17, 15) is 4.39 Å². The highest BCUT2D eigenvalue weighted by molar-refractivity contribution is 5.21. The summed E-state index contributed by atoms with van der Waals surface area (Å²) in [4.78, 5) is 0. The number of hydrogen-bond donors (Lipinski definition) is 0. The minimum Gasteiger partial charge on any atom is -0.207 e. The summed E-state index contributed by atoms with van der Waals surface area (Å²) in [6, 6.07) is 9.24. The molecule has 1 aromatic carbocycles. The molecular formula is C23H30FN. The minimum atomic E-state index is -0.127. The van der Waals surface area contributed by atoms with Gasteiger partial charge >= 0.3 is 0 Å². The number of halogens is 1. The van der Waals surface area contributed by atoms with Crippen molar-refractivity contribution in [2.24, 2.45) is 17.8 Å². The summed E-state index contributed by atoms with van der Waals surface area (Å²) >= 11 is 0. The SMILES string of the molecule is N#CC=CCC[C@H]1CC[C@H]([C@H]2CC[C@H](c3ccc(F)cc3)CC2)CC1. The van der Waals surface area contributed by atoms with E-state index in [-0.39, 0.29) is 5.82 Å². The Hall–Kier alpha value is -1.62. The smallest absolute Gasteiger partial charge is 0.123 e. The van der Waals surface area contributed by atoms with Gasteiger partial charge in [0.1, 0.15) is 5.82 Å². The topological polar surface area (TPSA) is 23.8 Å². The Kier molecular flexibility index (Phi) is 6.68. The van der Waals surface area contributed by atoms with Gasteiger partial charge in [0.2, 0.25) is 0 Å². The molecule has 2 saturated carbocycles. The van der Waals surface area contributed by atoms with Crippen LogP contribution in [0.2, 0.25) is 0 Å². The molecule has 0 spiro atoms. The van der Waals surface area contributed by atoms with Crippen LogP contribution in [0, 0.1) is 34.9 Å². The summed E-state index contributed by atoms with van der Waals surface area (Å²) in [5.74, 6) is 3.23. The average molecular weight is 339 g/mol. The van der Waals surface area contributed by atoms with Crippen molar-refractivity contribution < 1.29 is 4.39 Å². The molecule has 2 aliphatic carbocycles. The lowest BCUT2D eigenvalue weighted by molar-refractivity contribution is 0.157. The van der Waals surface area contributed by atoms with E-state index < -0.39 is 0 Å². The van der Waals surface area contributed by atoms with Gasteiger partial charge in [-0.25, -0.2) is 4.39 Å². The van der Waals surface area contributed by atoms with E-state index in [0.717, 1.165) is 24.2 Å². The van der Waals surface area contributed by atoms with Crippen molar-refractivity contribution >= 4 is 0 Å². The summed E-state index contributed by atoms with van der Waals surface area (Å²) in [6.45, 7) is 0. The zero-order valence-corrected chi connectivity index (χ0v) is 15.2. The molecule has 25 heavy (non-hydrogen) atoms. The van der Waals surface area contributed by atoms with E-state index in [1.807, 2.05) is 18.2 Å². The Labute approximate surface area is 151 Å². The van der Waals surface area contributed by atoms with Gasteiger partial charge in [0.25, 0.3) is 0 Å². The second-order valence-electron chi connectivity index (χ2n) is 8.05. The van der Waals surface area contributed by atoms with Crippen molar-refractivity contribution in [1.82, 2.24) is 0 Å². The number of benzene rings is 1. The molecule has 2 aliphatic rings. The van der Waals surface area contributed by atoms with Crippen LogP contribution >= 0.6 is 0 Å². The Morgan fingerprint density at radius 3 is 2.12 bits per heavy atom. The molecule has 2 heteroatoms. The maximum Gasteiger partial charge on any atom is 0.123 e. The van der Waals surface area contributed by atoms with Crippen molar-refractivity contribution in [3.63, 3.8) is 0 Å². The summed E-state index contributed by atoms with van der Waals surface area (Å²) in [5.41, 5.74) is 1.33. The van der Waals surface area contributed by atoms with Gasteiger partial charge in [0.05, 0.1) is 6.07 Å². The summed E-state index contributed by atoms with van der Waals surface area (Å²) in [5, 5.41) is 8.53. The van der Waals surface area contributed by atoms with Crippen LogP contribution in [0.4, 0.5) is 4.39 Å². The van der Waals surface area contributed by atoms with Crippen LogP contribution in [0.3, 0.4) is 0 Å². The number of rotatable bonds is 5. The average Bonchev–Trinajstić information content (AvgIpc) is 2.67. The number of nitrogens with zero attached hydrogens (tertiary/aromatic N) is 1. The maximum absolute atomic E-state index is 13.1. The molecule has 3 rings (SSSR count). The van der Waals surface area contributed by atoms with E-state index >= 15 is 0 Å². The monoisotopic (exact) mass is 339 g/mol. The molecule has 0 radical (unpaired) electrons. The summed E-state index contributed by atoms with van der Waals surface area (Å²) in [6.07, 6.45) is 16.7. The Balaban J connectivity index is 1.40. The third-order valence-electron chi connectivity index (χ3n) is 6.61. The van der Waals surface area contributed by atoms with Crippen LogP contribution in [0.1, 0.15) is 75.7 Å². The maximum atomic E-state index is 13.1. The second-order valence-corrected chi connectivity index (χ2v) is 8.05. The van der Waals surface area contributed by atoms with Crippen molar-refractivity contribution in [2.75, 3.05) is 0 Å². The predicted molar refractivity (Wildman–Crippen MR) is 101 cm³/mol. The van der Waals surface area contributed by atoms with Gasteiger partial charge in [-0.1, -0.05) is 31.1 Å². The highest BCUT2D eigenvalue weighted by Crippen LogP contribution is 2.44. The molecular weight excluding hydrogens is 309 g/mol. The third kappa shape index (κ3) is 5.18. The van der Waals surface area contributed by atoms with Gasteiger partial charge in [0, 0.05) is 6.08 Å². The standard InChI is InChI=1S/C23H30FN/c24-23-15-13-22(14-16-23)21-11-9-20(10-12-21)19-7-5-18(6-8-19)4-2-1-3-17-25/h1,3,13-16,18-21H,2,4-12H2/t18-,19-,20-,21-. The molecule has 0 amide bonds. The van der Waals surface area contributed by atoms with Crippen LogP contribution in [-0.2, 0) is 0 Å². The molecule has 0 heterocycles. The van der Waals surface area contributed by atoms with Gasteiger partial charge in [-0.3, -0.25) is 0 Å². The molecule has 1 nitrogen and oxygen atoms in total.